The predicted octanol–water partition coefficient (Wildman–Crippen LogP) is 3.84. The highest BCUT2D eigenvalue weighted by atomic mass is 35.5. The van der Waals surface area contributed by atoms with Gasteiger partial charge in [0.1, 0.15) is 6.04 Å². The molecule has 0 bridgehead atoms. The quantitative estimate of drug-likeness (QED) is 0.651. The number of piperazine rings is 1. The minimum atomic E-state index is -0.542. The summed E-state index contributed by atoms with van der Waals surface area (Å²) in [6.07, 6.45) is 2.60. The zero-order valence-electron chi connectivity index (χ0n) is 18.1. The molecule has 1 atom stereocenters. The molecular formula is C24H30ClN3O2S. The average Bonchev–Trinajstić information content (AvgIpc) is 2.77. The lowest BCUT2D eigenvalue weighted by Crippen LogP contribution is -2.55. The fourth-order valence-electron chi connectivity index (χ4n) is 3.79. The number of amides is 2. The minimum absolute atomic E-state index is 0.00957. The van der Waals surface area contributed by atoms with Gasteiger partial charge in [-0.2, -0.15) is 11.8 Å². The highest BCUT2D eigenvalue weighted by molar-refractivity contribution is 7.98. The van der Waals surface area contributed by atoms with Crippen LogP contribution in [-0.2, 0) is 11.3 Å². The van der Waals surface area contributed by atoms with E-state index in [-0.39, 0.29) is 11.8 Å². The fraction of sp³-hybridized carbons (Fsp3) is 0.417. The van der Waals surface area contributed by atoms with E-state index in [0.29, 0.717) is 30.1 Å². The van der Waals surface area contributed by atoms with Crippen molar-refractivity contribution in [2.24, 2.45) is 0 Å². The Morgan fingerprint density at radius 2 is 1.84 bits per heavy atom. The van der Waals surface area contributed by atoms with Crippen molar-refractivity contribution in [1.82, 2.24) is 15.1 Å². The number of halogens is 1. The van der Waals surface area contributed by atoms with Crippen molar-refractivity contribution in [2.45, 2.75) is 25.9 Å². The number of thioether (sulfide) groups is 1. The molecule has 0 saturated carbocycles. The van der Waals surface area contributed by atoms with Gasteiger partial charge in [-0.1, -0.05) is 53.6 Å². The molecule has 3 rings (SSSR count). The van der Waals surface area contributed by atoms with E-state index >= 15 is 0 Å². The van der Waals surface area contributed by atoms with Gasteiger partial charge >= 0.3 is 0 Å². The lowest BCUT2D eigenvalue weighted by atomic mass is 10.1. The first-order chi connectivity index (χ1) is 15.0. The van der Waals surface area contributed by atoms with Crippen molar-refractivity contribution >= 4 is 35.2 Å². The first kappa shape index (κ1) is 23.6. The van der Waals surface area contributed by atoms with Gasteiger partial charge < -0.3 is 10.2 Å². The third-order valence-electron chi connectivity index (χ3n) is 5.51. The molecule has 1 unspecified atom stereocenters. The van der Waals surface area contributed by atoms with Crippen LogP contribution in [0.15, 0.2) is 48.5 Å². The monoisotopic (exact) mass is 459 g/mol. The van der Waals surface area contributed by atoms with E-state index in [1.54, 1.807) is 36.0 Å². The Labute approximate surface area is 194 Å². The second-order valence-electron chi connectivity index (χ2n) is 7.88. The summed E-state index contributed by atoms with van der Waals surface area (Å²) in [6.45, 7) is 5.99. The van der Waals surface area contributed by atoms with Crippen molar-refractivity contribution in [2.75, 3.05) is 38.2 Å². The highest BCUT2D eigenvalue weighted by Gasteiger charge is 2.29. The van der Waals surface area contributed by atoms with Crippen LogP contribution in [0.1, 0.15) is 27.9 Å². The summed E-state index contributed by atoms with van der Waals surface area (Å²) in [4.78, 5) is 30.2. The molecule has 1 aliphatic heterocycles. The highest BCUT2D eigenvalue weighted by Crippen LogP contribution is 2.16. The zero-order valence-corrected chi connectivity index (χ0v) is 19.7. The zero-order chi connectivity index (χ0) is 22.2. The van der Waals surface area contributed by atoms with Gasteiger partial charge in [-0.25, -0.2) is 0 Å². The summed E-state index contributed by atoms with van der Waals surface area (Å²) < 4.78 is 0. The van der Waals surface area contributed by atoms with E-state index in [1.807, 2.05) is 11.2 Å². The Bertz CT molecular complexity index is 900. The number of carbonyl (C=O) groups is 2. The summed E-state index contributed by atoms with van der Waals surface area (Å²) in [5.41, 5.74) is 2.95. The largest absolute Gasteiger partial charge is 0.340 e. The van der Waals surface area contributed by atoms with Crippen LogP contribution in [0.2, 0.25) is 5.02 Å². The number of carbonyl (C=O) groups excluding carboxylic acids is 2. The maximum atomic E-state index is 13.2. The van der Waals surface area contributed by atoms with E-state index < -0.39 is 6.04 Å². The minimum Gasteiger partial charge on any atom is -0.340 e. The van der Waals surface area contributed by atoms with Gasteiger partial charge in [-0.3, -0.25) is 14.5 Å². The number of aryl methyl sites for hydroxylation is 1. The Kier molecular flexibility index (Phi) is 8.81. The molecule has 2 aromatic rings. The first-order valence-electron chi connectivity index (χ1n) is 10.6. The number of nitrogens with one attached hydrogen (secondary N) is 1. The molecule has 2 aromatic carbocycles. The molecule has 0 radical (unpaired) electrons. The van der Waals surface area contributed by atoms with E-state index in [1.165, 1.54) is 11.1 Å². The average molecular weight is 460 g/mol. The molecule has 1 fully saturated rings. The first-order valence-corrected chi connectivity index (χ1v) is 12.4. The van der Waals surface area contributed by atoms with Gasteiger partial charge in [0.25, 0.3) is 5.91 Å². The van der Waals surface area contributed by atoms with Crippen LogP contribution in [0.4, 0.5) is 0 Å². The van der Waals surface area contributed by atoms with Gasteiger partial charge in [0.15, 0.2) is 0 Å². The molecular weight excluding hydrogens is 430 g/mol. The van der Waals surface area contributed by atoms with Crippen LogP contribution in [0.3, 0.4) is 0 Å². The van der Waals surface area contributed by atoms with Crippen molar-refractivity contribution < 1.29 is 9.59 Å². The third kappa shape index (κ3) is 6.73. The lowest BCUT2D eigenvalue weighted by molar-refractivity contribution is -0.135. The molecule has 5 nitrogen and oxygen atoms in total. The second-order valence-corrected chi connectivity index (χ2v) is 9.27. The van der Waals surface area contributed by atoms with Gasteiger partial charge in [0.2, 0.25) is 5.91 Å². The molecule has 0 spiro atoms. The van der Waals surface area contributed by atoms with E-state index in [4.69, 9.17) is 11.6 Å². The Balaban J connectivity index is 1.58. The Morgan fingerprint density at radius 3 is 2.52 bits per heavy atom. The van der Waals surface area contributed by atoms with Gasteiger partial charge in [-0.15, -0.1) is 0 Å². The van der Waals surface area contributed by atoms with Crippen LogP contribution < -0.4 is 5.32 Å². The van der Waals surface area contributed by atoms with Gasteiger partial charge in [0.05, 0.1) is 10.6 Å². The summed E-state index contributed by atoms with van der Waals surface area (Å²) in [6, 6.07) is 14.9. The molecule has 166 valence electrons. The summed E-state index contributed by atoms with van der Waals surface area (Å²) in [5.74, 6) is 0.486. The molecule has 1 N–H and O–H groups in total. The molecule has 1 saturated heterocycles. The third-order valence-corrected chi connectivity index (χ3v) is 6.48. The Hall–Kier alpha value is -2.02. The second kappa shape index (κ2) is 11.6. The van der Waals surface area contributed by atoms with Crippen LogP contribution in [0.5, 0.6) is 0 Å². The van der Waals surface area contributed by atoms with Crippen molar-refractivity contribution in [3.05, 3.63) is 70.2 Å². The smallest absolute Gasteiger partial charge is 0.253 e. The van der Waals surface area contributed by atoms with Crippen molar-refractivity contribution in [3.8, 4) is 0 Å². The van der Waals surface area contributed by atoms with Crippen molar-refractivity contribution in [3.63, 3.8) is 0 Å². The lowest BCUT2D eigenvalue weighted by Gasteiger charge is -2.36. The number of hydrogen-bond donors (Lipinski definition) is 1. The van der Waals surface area contributed by atoms with Crippen LogP contribution in [-0.4, -0.2) is 65.8 Å². The molecule has 0 aromatic heterocycles. The van der Waals surface area contributed by atoms with Crippen LogP contribution in [0, 0.1) is 6.92 Å². The molecule has 1 aliphatic rings. The van der Waals surface area contributed by atoms with Crippen LogP contribution >= 0.6 is 23.4 Å². The maximum absolute atomic E-state index is 13.2. The van der Waals surface area contributed by atoms with E-state index in [9.17, 15) is 9.59 Å². The summed E-state index contributed by atoms with van der Waals surface area (Å²) >= 11 is 7.83. The normalized spacial score (nSPS) is 15.5. The summed E-state index contributed by atoms with van der Waals surface area (Å²) in [5, 5.41) is 3.31. The predicted molar refractivity (Wildman–Crippen MR) is 129 cm³/mol. The number of rotatable bonds is 8. The van der Waals surface area contributed by atoms with Crippen LogP contribution in [0.25, 0.3) is 0 Å². The van der Waals surface area contributed by atoms with Crippen molar-refractivity contribution in [1.29, 1.82) is 0 Å². The summed E-state index contributed by atoms with van der Waals surface area (Å²) in [7, 11) is 0. The molecule has 0 aliphatic carbocycles. The fourth-order valence-corrected chi connectivity index (χ4v) is 4.48. The molecule has 31 heavy (non-hydrogen) atoms. The van der Waals surface area contributed by atoms with E-state index in [0.717, 1.165) is 25.4 Å². The SMILES string of the molecule is CSCCC(NC(=O)c1ccccc1Cl)C(=O)N1CCN(Cc2cccc(C)c2)CC1. The standard InChI is InChI=1S/C24H30ClN3O2S/c1-18-6-5-7-19(16-18)17-27-11-13-28(14-12-27)24(30)22(10-15-31-2)26-23(29)20-8-3-4-9-21(20)25/h3-9,16,22H,10-15,17H2,1-2H3,(H,26,29). The van der Waals surface area contributed by atoms with Gasteiger partial charge in [-0.05, 0) is 43.0 Å². The topological polar surface area (TPSA) is 52.7 Å². The van der Waals surface area contributed by atoms with E-state index in [2.05, 4.69) is 41.4 Å². The maximum Gasteiger partial charge on any atom is 0.253 e. The number of hydrogen-bond acceptors (Lipinski definition) is 4. The molecule has 2 amide bonds. The van der Waals surface area contributed by atoms with Gasteiger partial charge in [0, 0.05) is 32.7 Å². The number of benzene rings is 2. The number of nitrogens with zero attached hydrogens (tertiary/aromatic N) is 2. The molecule has 1 heterocycles. The molecule has 7 heteroatoms. The Morgan fingerprint density at radius 1 is 1.10 bits per heavy atom.